The number of rotatable bonds is 54. The van der Waals surface area contributed by atoms with Crippen molar-refractivity contribution in [3.05, 3.63) is 72.9 Å². The van der Waals surface area contributed by atoms with Crippen molar-refractivity contribution in [3.8, 4) is 0 Å². The second kappa shape index (κ2) is 58.4. The molecule has 1 unspecified atom stereocenters. The quantitative estimate of drug-likeness (QED) is 0.0261. The van der Waals surface area contributed by atoms with Gasteiger partial charge in [-0.1, -0.05) is 267 Å². The van der Waals surface area contributed by atoms with Crippen molar-refractivity contribution < 1.29 is 28.6 Å². The molecule has 0 aliphatic carbocycles. The molecule has 0 aliphatic heterocycles. The molecular formula is C64H112O6. The number of carbonyl (C=O) groups excluding carboxylic acids is 3. The molecule has 0 aliphatic rings. The van der Waals surface area contributed by atoms with E-state index in [1.165, 1.54) is 173 Å². The summed E-state index contributed by atoms with van der Waals surface area (Å²) in [7, 11) is 0. The summed E-state index contributed by atoms with van der Waals surface area (Å²) in [5.41, 5.74) is 0. The summed E-state index contributed by atoms with van der Waals surface area (Å²) < 4.78 is 16.8. The molecule has 0 heterocycles. The minimum absolute atomic E-state index is 0.0955. The van der Waals surface area contributed by atoms with Gasteiger partial charge < -0.3 is 14.2 Å². The molecule has 0 rings (SSSR count). The van der Waals surface area contributed by atoms with Crippen LogP contribution < -0.4 is 0 Å². The first-order valence-corrected chi connectivity index (χ1v) is 29.9. The molecule has 0 fully saturated rings. The van der Waals surface area contributed by atoms with E-state index < -0.39 is 6.10 Å². The molecule has 6 nitrogen and oxygen atoms in total. The van der Waals surface area contributed by atoms with E-state index in [2.05, 4.69) is 93.7 Å². The predicted octanol–water partition coefficient (Wildman–Crippen LogP) is 20.2. The van der Waals surface area contributed by atoms with Gasteiger partial charge in [0.15, 0.2) is 6.10 Å². The summed E-state index contributed by atoms with van der Waals surface area (Å²) in [6, 6.07) is 0. The van der Waals surface area contributed by atoms with E-state index in [4.69, 9.17) is 14.2 Å². The molecule has 70 heavy (non-hydrogen) atoms. The van der Waals surface area contributed by atoms with Crippen LogP contribution in [0.2, 0.25) is 0 Å². The van der Waals surface area contributed by atoms with Gasteiger partial charge >= 0.3 is 17.9 Å². The van der Waals surface area contributed by atoms with E-state index in [-0.39, 0.29) is 37.5 Å². The van der Waals surface area contributed by atoms with Crippen LogP contribution in [0.15, 0.2) is 72.9 Å². The molecule has 0 spiro atoms. The molecular weight excluding hydrogens is 865 g/mol. The van der Waals surface area contributed by atoms with Crippen molar-refractivity contribution >= 4 is 17.9 Å². The monoisotopic (exact) mass is 977 g/mol. The number of unbranched alkanes of at least 4 members (excludes halogenated alkanes) is 31. The maximum absolute atomic E-state index is 12.8. The standard InChI is InChI=1S/C64H112O6/c1-4-7-10-13-16-19-21-23-25-27-28-29-30-31-32-33-34-35-36-38-39-41-43-45-48-51-54-57-63(66)69-60-61(59-68-62(65)56-53-50-47-18-15-12-9-6-3)70-64(67)58-55-52-49-46-44-42-40-37-26-24-22-20-17-14-11-8-5-2/h8,11,17,20,24,26-28,40,42,46,49,61H,4-7,9-10,12-16,18-19,21-23,25,29-39,41,43-45,47-48,50-60H2,1-3H3/b11-8-,20-17-,26-24-,28-27-,42-40-,49-46-. The molecule has 0 amide bonds. The summed E-state index contributed by atoms with van der Waals surface area (Å²) >= 11 is 0. The summed E-state index contributed by atoms with van der Waals surface area (Å²) in [6.45, 7) is 6.47. The fraction of sp³-hybridized carbons (Fsp3) is 0.766. The van der Waals surface area contributed by atoms with Gasteiger partial charge in [-0.15, -0.1) is 0 Å². The first-order valence-electron chi connectivity index (χ1n) is 29.9. The molecule has 0 radical (unpaired) electrons. The molecule has 0 aromatic heterocycles. The van der Waals surface area contributed by atoms with Crippen LogP contribution in [-0.4, -0.2) is 37.2 Å². The maximum atomic E-state index is 12.8. The smallest absolute Gasteiger partial charge is 0.306 e. The zero-order valence-corrected chi connectivity index (χ0v) is 46.3. The topological polar surface area (TPSA) is 78.9 Å². The van der Waals surface area contributed by atoms with Crippen LogP contribution in [-0.2, 0) is 28.6 Å². The lowest BCUT2D eigenvalue weighted by Crippen LogP contribution is -2.30. The molecule has 0 aromatic carbocycles. The lowest BCUT2D eigenvalue weighted by molar-refractivity contribution is -0.167. The minimum atomic E-state index is -0.802. The zero-order valence-electron chi connectivity index (χ0n) is 46.3. The van der Waals surface area contributed by atoms with Crippen molar-refractivity contribution in [2.45, 2.75) is 303 Å². The van der Waals surface area contributed by atoms with Crippen LogP contribution in [0.3, 0.4) is 0 Å². The third-order valence-electron chi connectivity index (χ3n) is 12.9. The molecule has 404 valence electrons. The van der Waals surface area contributed by atoms with Gasteiger partial charge in [0.05, 0.1) is 0 Å². The van der Waals surface area contributed by atoms with E-state index in [9.17, 15) is 14.4 Å². The largest absolute Gasteiger partial charge is 0.462 e. The second-order valence-corrected chi connectivity index (χ2v) is 19.9. The Kier molecular flexibility index (Phi) is 55.8. The van der Waals surface area contributed by atoms with Crippen molar-refractivity contribution in [1.29, 1.82) is 0 Å². The molecule has 0 bridgehead atoms. The number of esters is 3. The lowest BCUT2D eigenvalue weighted by Gasteiger charge is -2.18. The number of ether oxygens (including phenoxy) is 3. The fourth-order valence-corrected chi connectivity index (χ4v) is 8.47. The second-order valence-electron chi connectivity index (χ2n) is 19.9. The van der Waals surface area contributed by atoms with Gasteiger partial charge in [0, 0.05) is 19.3 Å². The predicted molar refractivity (Wildman–Crippen MR) is 302 cm³/mol. The van der Waals surface area contributed by atoms with E-state index in [1.54, 1.807) is 0 Å². The number of hydrogen-bond acceptors (Lipinski definition) is 6. The lowest BCUT2D eigenvalue weighted by atomic mass is 10.0. The zero-order chi connectivity index (χ0) is 50.7. The third-order valence-corrected chi connectivity index (χ3v) is 12.9. The Hall–Kier alpha value is -3.15. The molecule has 0 aromatic rings. The third kappa shape index (κ3) is 55.8. The van der Waals surface area contributed by atoms with Crippen LogP contribution in [0.1, 0.15) is 297 Å². The fourth-order valence-electron chi connectivity index (χ4n) is 8.47. The summed E-state index contributed by atoms with van der Waals surface area (Å²) in [4.78, 5) is 38.0. The Morgan fingerprint density at radius 3 is 0.929 bits per heavy atom. The highest BCUT2D eigenvalue weighted by atomic mass is 16.6. The summed E-state index contributed by atoms with van der Waals surface area (Å²) in [6.07, 6.45) is 75.1. The summed E-state index contributed by atoms with van der Waals surface area (Å²) in [5, 5.41) is 0. The Labute approximate surface area is 433 Å². The molecule has 0 N–H and O–H groups in total. The Balaban J connectivity index is 4.19. The maximum Gasteiger partial charge on any atom is 0.306 e. The number of carbonyl (C=O) groups is 3. The number of allylic oxidation sites excluding steroid dienone is 12. The van der Waals surface area contributed by atoms with Gasteiger partial charge in [-0.3, -0.25) is 14.4 Å². The van der Waals surface area contributed by atoms with Crippen molar-refractivity contribution in [1.82, 2.24) is 0 Å². The highest BCUT2D eigenvalue weighted by molar-refractivity contribution is 5.71. The molecule has 0 saturated carbocycles. The normalized spacial score (nSPS) is 12.6. The van der Waals surface area contributed by atoms with E-state index >= 15 is 0 Å². The van der Waals surface area contributed by atoms with Gasteiger partial charge in [0.2, 0.25) is 0 Å². The van der Waals surface area contributed by atoms with Crippen molar-refractivity contribution in [2.75, 3.05) is 13.2 Å². The van der Waals surface area contributed by atoms with Crippen LogP contribution in [0.25, 0.3) is 0 Å². The van der Waals surface area contributed by atoms with Gasteiger partial charge in [0.1, 0.15) is 13.2 Å². The van der Waals surface area contributed by atoms with Crippen LogP contribution in [0.5, 0.6) is 0 Å². The SMILES string of the molecule is CC/C=C\C/C=C\C/C=C\C/C=C\C/C=C\CCCC(=O)OC(COC(=O)CCCCCCCCCC)COC(=O)CCCCCCCCCCCCCCCCC/C=C\CCCCCCCCCC. The van der Waals surface area contributed by atoms with E-state index in [0.29, 0.717) is 19.3 Å². The van der Waals surface area contributed by atoms with Crippen LogP contribution in [0.4, 0.5) is 0 Å². The van der Waals surface area contributed by atoms with Crippen molar-refractivity contribution in [2.24, 2.45) is 0 Å². The Morgan fingerprint density at radius 2 is 0.571 bits per heavy atom. The molecule has 0 saturated heterocycles. The van der Waals surface area contributed by atoms with E-state index in [1.807, 2.05) is 0 Å². The van der Waals surface area contributed by atoms with Crippen molar-refractivity contribution in [3.63, 3.8) is 0 Å². The van der Waals surface area contributed by atoms with Crippen LogP contribution in [0, 0.1) is 0 Å². The van der Waals surface area contributed by atoms with Crippen LogP contribution >= 0.6 is 0 Å². The number of hydrogen-bond donors (Lipinski definition) is 0. The Bertz CT molecular complexity index is 1310. The Morgan fingerprint density at radius 1 is 0.300 bits per heavy atom. The van der Waals surface area contributed by atoms with Gasteiger partial charge in [0.25, 0.3) is 0 Å². The van der Waals surface area contributed by atoms with E-state index in [0.717, 1.165) is 77.0 Å². The summed E-state index contributed by atoms with van der Waals surface area (Å²) in [5.74, 6) is -0.950. The highest BCUT2D eigenvalue weighted by Gasteiger charge is 2.19. The van der Waals surface area contributed by atoms with Gasteiger partial charge in [-0.25, -0.2) is 0 Å². The van der Waals surface area contributed by atoms with Gasteiger partial charge in [-0.05, 0) is 83.5 Å². The molecule has 6 heteroatoms. The van der Waals surface area contributed by atoms with Gasteiger partial charge in [-0.2, -0.15) is 0 Å². The average Bonchev–Trinajstić information content (AvgIpc) is 3.36. The first-order chi connectivity index (χ1) is 34.5. The highest BCUT2D eigenvalue weighted by Crippen LogP contribution is 2.16. The first kappa shape index (κ1) is 66.9. The minimum Gasteiger partial charge on any atom is -0.462 e. The average molecular weight is 978 g/mol. The molecule has 1 atom stereocenters.